The van der Waals surface area contributed by atoms with E-state index in [2.05, 4.69) is 17.6 Å². The molecule has 2 aliphatic rings. The molecule has 2 aromatic carbocycles. The molecule has 0 bridgehead atoms. The summed E-state index contributed by atoms with van der Waals surface area (Å²) in [5, 5.41) is 11.1. The third-order valence-corrected chi connectivity index (χ3v) is 8.57. The average Bonchev–Trinajstić information content (AvgIpc) is 2.88. The Hall–Kier alpha value is -2.30. The summed E-state index contributed by atoms with van der Waals surface area (Å²) in [5.41, 5.74) is 1.34. The third-order valence-electron chi connectivity index (χ3n) is 6.62. The summed E-state index contributed by atoms with van der Waals surface area (Å²) in [6.45, 7) is 2.54. The zero-order valence-electron chi connectivity index (χ0n) is 19.4. The molecular weight excluding hydrogens is 456 g/mol. The quantitative estimate of drug-likeness (QED) is 0.581. The lowest BCUT2D eigenvalue weighted by molar-refractivity contribution is -0.207. The Labute approximate surface area is 200 Å². The van der Waals surface area contributed by atoms with Crippen molar-refractivity contribution in [2.24, 2.45) is 0 Å². The number of amides is 1. The Kier molecular flexibility index (Phi) is 7.69. The molecule has 4 rings (SSSR count). The predicted molar refractivity (Wildman–Crippen MR) is 126 cm³/mol. The number of carbonyl (C=O) groups excluding carboxylic acids is 1. The van der Waals surface area contributed by atoms with Gasteiger partial charge in [-0.25, -0.2) is 18.7 Å². The van der Waals surface area contributed by atoms with Crippen LogP contribution >= 0.6 is 0 Å². The molecule has 2 aromatic rings. The van der Waals surface area contributed by atoms with Gasteiger partial charge < -0.3 is 9.84 Å². The van der Waals surface area contributed by atoms with Gasteiger partial charge in [0.1, 0.15) is 0 Å². The average molecular weight is 489 g/mol. The van der Waals surface area contributed by atoms with Gasteiger partial charge in [0.15, 0.2) is 11.9 Å². The second-order valence-corrected chi connectivity index (χ2v) is 10.9. The van der Waals surface area contributed by atoms with Gasteiger partial charge >= 0.3 is 0 Å². The molecule has 2 aliphatic heterocycles. The van der Waals surface area contributed by atoms with E-state index in [1.54, 1.807) is 12.1 Å². The topological polar surface area (TPSA) is 105 Å². The number of piperidine rings is 1. The number of rotatable bonds is 7. The predicted octanol–water partition coefficient (Wildman–Crippen LogP) is 3.04. The summed E-state index contributed by atoms with van der Waals surface area (Å²) in [5.74, 6) is -0.553. The highest BCUT2D eigenvalue weighted by molar-refractivity contribution is 7.89. The van der Waals surface area contributed by atoms with Gasteiger partial charge in [0.2, 0.25) is 10.0 Å². The summed E-state index contributed by atoms with van der Waals surface area (Å²) in [6.07, 6.45) is 3.30. The molecule has 8 nitrogen and oxygen atoms in total. The minimum atomic E-state index is -3.92. The molecule has 2 saturated heterocycles. The zero-order valence-corrected chi connectivity index (χ0v) is 20.2. The van der Waals surface area contributed by atoms with Gasteiger partial charge in [-0.1, -0.05) is 48.5 Å². The summed E-state index contributed by atoms with van der Waals surface area (Å²) in [6, 6.07) is 16.2. The molecule has 1 amide bonds. The number of hydrogen-bond donors (Lipinski definition) is 2. The van der Waals surface area contributed by atoms with Crippen molar-refractivity contribution in [1.29, 1.82) is 0 Å². The maximum atomic E-state index is 13.6. The number of hydrogen-bond acceptors (Lipinski definition) is 6. The van der Waals surface area contributed by atoms with Gasteiger partial charge in [-0.15, -0.1) is 0 Å². The molecule has 2 fully saturated rings. The molecule has 0 aromatic heterocycles. The molecular formula is C25H32N2O6S. The van der Waals surface area contributed by atoms with Crippen LogP contribution in [0.3, 0.4) is 0 Å². The number of ether oxygens (including phenoxy) is 1. The fourth-order valence-corrected chi connectivity index (χ4v) is 6.30. The van der Waals surface area contributed by atoms with Crippen LogP contribution in [0.15, 0.2) is 59.5 Å². The summed E-state index contributed by atoms with van der Waals surface area (Å²) in [4.78, 5) is 18.0. The lowest BCUT2D eigenvalue weighted by Crippen LogP contribution is -2.46. The van der Waals surface area contributed by atoms with Crippen LogP contribution in [0.1, 0.15) is 56.1 Å². The Bertz CT molecular complexity index is 1080. The van der Waals surface area contributed by atoms with Gasteiger partial charge in [0.05, 0.1) is 4.90 Å². The van der Waals surface area contributed by atoms with Crippen molar-refractivity contribution in [2.45, 2.75) is 61.7 Å². The van der Waals surface area contributed by atoms with Crippen molar-refractivity contribution >= 4 is 15.9 Å². The normalized spacial score (nSPS) is 22.1. The molecule has 2 unspecified atom stereocenters. The van der Waals surface area contributed by atoms with Gasteiger partial charge in [0, 0.05) is 31.7 Å². The first kappa shape index (κ1) is 24.8. The van der Waals surface area contributed by atoms with Gasteiger partial charge in [-0.05, 0) is 50.2 Å². The molecule has 2 atom stereocenters. The number of sulfonamides is 1. The van der Waals surface area contributed by atoms with Crippen LogP contribution in [-0.2, 0) is 30.0 Å². The van der Waals surface area contributed by atoms with E-state index in [-0.39, 0.29) is 10.5 Å². The highest BCUT2D eigenvalue weighted by Crippen LogP contribution is 2.34. The number of nitrogens with one attached hydrogen (secondary N) is 1. The van der Waals surface area contributed by atoms with E-state index >= 15 is 0 Å². The van der Waals surface area contributed by atoms with E-state index in [1.807, 2.05) is 18.2 Å². The fraction of sp³-hybridized carbons (Fsp3) is 0.480. The lowest BCUT2D eigenvalue weighted by Gasteiger charge is -2.33. The van der Waals surface area contributed by atoms with E-state index in [0.29, 0.717) is 44.9 Å². The largest absolute Gasteiger partial charge is 0.375 e. The SMILES string of the molecule is CC(O)(C(=O)NOC1CCCCO1)c1ccccc1S(=O)(=O)N1CCC(c2ccccc2)CC1. The monoisotopic (exact) mass is 488 g/mol. The van der Waals surface area contributed by atoms with E-state index in [4.69, 9.17) is 9.57 Å². The van der Waals surface area contributed by atoms with Crippen LogP contribution in [0.5, 0.6) is 0 Å². The van der Waals surface area contributed by atoms with Crippen molar-refractivity contribution in [2.75, 3.05) is 19.7 Å². The first-order chi connectivity index (χ1) is 16.3. The maximum Gasteiger partial charge on any atom is 0.279 e. The number of aliphatic hydroxyl groups is 1. The number of nitrogens with zero attached hydrogens (tertiary/aromatic N) is 1. The Morgan fingerprint density at radius 3 is 2.41 bits per heavy atom. The summed E-state index contributed by atoms with van der Waals surface area (Å²) < 4.78 is 34.0. The Balaban J connectivity index is 1.48. The Morgan fingerprint density at radius 1 is 1.06 bits per heavy atom. The smallest absolute Gasteiger partial charge is 0.279 e. The van der Waals surface area contributed by atoms with Gasteiger partial charge in [-0.3, -0.25) is 4.79 Å². The number of hydroxylamine groups is 1. The van der Waals surface area contributed by atoms with E-state index in [9.17, 15) is 18.3 Å². The lowest BCUT2D eigenvalue weighted by atomic mass is 9.90. The second-order valence-electron chi connectivity index (χ2n) is 9.00. The molecule has 2 heterocycles. The van der Waals surface area contributed by atoms with Crippen molar-refractivity contribution in [3.05, 3.63) is 65.7 Å². The summed E-state index contributed by atoms with van der Waals surface area (Å²) >= 11 is 0. The minimum absolute atomic E-state index is 0.00541. The molecule has 0 radical (unpaired) electrons. The number of benzene rings is 2. The first-order valence-electron chi connectivity index (χ1n) is 11.7. The van der Waals surface area contributed by atoms with E-state index < -0.39 is 27.8 Å². The van der Waals surface area contributed by atoms with Crippen LogP contribution in [0.2, 0.25) is 0 Å². The van der Waals surface area contributed by atoms with Crippen LogP contribution < -0.4 is 5.48 Å². The number of carbonyl (C=O) groups is 1. The molecule has 0 spiro atoms. The third kappa shape index (κ3) is 5.34. The van der Waals surface area contributed by atoms with Crippen LogP contribution in [0.4, 0.5) is 0 Å². The molecule has 34 heavy (non-hydrogen) atoms. The molecule has 184 valence electrons. The standard InChI is InChI=1S/C25H32N2O6S/c1-25(29,24(28)26-33-23-13-7-8-18-32-23)21-11-5-6-12-22(21)34(30,31)27-16-14-20(15-17-27)19-9-3-2-4-10-19/h2-6,9-12,20,23,29H,7-8,13-18H2,1H3,(H,26,28). The van der Waals surface area contributed by atoms with Gasteiger partial charge in [0.25, 0.3) is 5.91 Å². The van der Waals surface area contributed by atoms with Crippen LogP contribution in [0.25, 0.3) is 0 Å². The highest BCUT2D eigenvalue weighted by Gasteiger charge is 2.40. The fourth-order valence-electron chi connectivity index (χ4n) is 4.53. The van der Waals surface area contributed by atoms with E-state index in [0.717, 1.165) is 12.8 Å². The van der Waals surface area contributed by atoms with Crippen molar-refractivity contribution in [3.63, 3.8) is 0 Å². The molecule has 9 heteroatoms. The van der Waals surface area contributed by atoms with Gasteiger partial charge in [-0.2, -0.15) is 4.31 Å². The van der Waals surface area contributed by atoms with E-state index in [1.165, 1.54) is 28.9 Å². The van der Waals surface area contributed by atoms with Crippen LogP contribution in [-0.4, -0.2) is 49.7 Å². The Morgan fingerprint density at radius 2 is 1.74 bits per heavy atom. The van der Waals surface area contributed by atoms with Crippen molar-refractivity contribution < 1.29 is 27.9 Å². The van der Waals surface area contributed by atoms with Crippen molar-refractivity contribution in [1.82, 2.24) is 9.79 Å². The van der Waals surface area contributed by atoms with Crippen molar-refractivity contribution in [3.8, 4) is 0 Å². The maximum absolute atomic E-state index is 13.6. The zero-order chi connectivity index (χ0) is 24.2. The van der Waals surface area contributed by atoms with Crippen LogP contribution in [0, 0.1) is 0 Å². The highest BCUT2D eigenvalue weighted by atomic mass is 32.2. The molecule has 0 aliphatic carbocycles. The molecule has 0 saturated carbocycles. The second kappa shape index (κ2) is 10.5. The molecule has 2 N–H and O–H groups in total. The minimum Gasteiger partial charge on any atom is -0.375 e. The first-order valence-corrected chi connectivity index (χ1v) is 13.2. The summed E-state index contributed by atoms with van der Waals surface area (Å²) in [7, 11) is -3.92.